The molecule has 12 heteroatoms. The molecule has 0 fully saturated rings. The number of nitrogens with zero attached hydrogens (tertiary/aromatic N) is 1. The zero-order valence-electron chi connectivity index (χ0n) is 21.8. The molecule has 0 bridgehead atoms. The van der Waals surface area contributed by atoms with Crippen LogP contribution in [0.2, 0.25) is 0 Å². The summed E-state index contributed by atoms with van der Waals surface area (Å²) < 4.78 is 20.8. The second-order valence-corrected chi connectivity index (χ2v) is 12.2. The lowest BCUT2D eigenvalue weighted by atomic mass is 10.1. The highest BCUT2D eigenvalue weighted by Gasteiger charge is 2.59. The van der Waals surface area contributed by atoms with Crippen molar-refractivity contribution in [1.29, 1.82) is 0 Å². The maximum absolute atomic E-state index is 13.6. The summed E-state index contributed by atoms with van der Waals surface area (Å²) in [5.74, 6) is -3.10. The minimum absolute atomic E-state index is 0.000189. The van der Waals surface area contributed by atoms with E-state index >= 15 is 0 Å². The summed E-state index contributed by atoms with van der Waals surface area (Å²) in [5, 5.41) is 0.829. The fourth-order valence-corrected chi connectivity index (χ4v) is 9.65. The topological polar surface area (TPSA) is 110 Å². The molecule has 1 spiro atoms. The number of aromatic nitrogens is 1. The van der Waals surface area contributed by atoms with Crippen molar-refractivity contribution in [2.75, 3.05) is 28.4 Å². The van der Waals surface area contributed by atoms with Gasteiger partial charge in [0.15, 0.2) is 0 Å². The largest absolute Gasteiger partial charge is 0.466 e. The number of para-hydroxylation sites is 1. The van der Waals surface area contributed by atoms with Gasteiger partial charge in [-0.2, -0.15) is 0 Å². The van der Waals surface area contributed by atoms with E-state index < -0.39 is 28.0 Å². The molecular formula is C28H23NO8S3. The van der Waals surface area contributed by atoms with Gasteiger partial charge >= 0.3 is 23.9 Å². The predicted octanol–water partition coefficient (Wildman–Crippen LogP) is 4.59. The highest BCUT2D eigenvalue weighted by atomic mass is 32.2. The Balaban J connectivity index is 1.89. The molecule has 206 valence electrons. The molecule has 0 saturated carbocycles. The summed E-state index contributed by atoms with van der Waals surface area (Å²) in [6.45, 7) is 0.406. The molecule has 5 rings (SSSR count). The molecule has 0 saturated heterocycles. The Morgan fingerprint density at radius 3 is 1.80 bits per heavy atom. The number of esters is 4. The Labute approximate surface area is 242 Å². The van der Waals surface area contributed by atoms with E-state index in [1.165, 1.54) is 28.4 Å². The van der Waals surface area contributed by atoms with Gasteiger partial charge < -0.3 is 23.5 Å². The van der Waals surface area contributed by atoms with Crippen LogP contribution in [0.15, 0.2) is 79.8 Å². The number of thioether (sulfide) groups is 3. The van der Waals surface area contributed by atoms with E-state index in [4.69, 9.17) is 18.9 Å². The molecular weight excluding hydrogens is 575 g/mol. The molecule has 0 N–H and O–H groups in total. The lowest BCUT2D eigenvalue weighted by Crippen LogP contribution is -2.34. The molecule has 0 amide bonds. The highest BCUT2D eigenvalue weighted by molar-refractivity contribution is 8.25. The summed E-state index contributed by atoms with van der Waals surface area (Å²) in [5.41, 5.74) is 2.39. The molecule has 3 aromatic rings. The van der Waals surface area contributed by atoms with Crippen LogP contribution in [-0.4, -0.2) is 56.9 Å². The first-order chi connectivity index (χ1) is 19.3. The Kier molecular flexibility index (Phi) is 7.76. The van der Waals surface area contributed by atoms with Gasteiger partial charge in [-0.15, -0.1) is 0 Å². The van der Waals surface area contributed by atoms with Crippen molar-refractivity contribution >= 4 is 70.1 Å². The van der Waals surface area contributed by atoms with Gasteiger partial charge in [-0.1, -0.05) is 83.8 Å². The van der Waals surface area contributed by atoms with Crippen LogP contribution in [0, 0.1) is 0 Å². The fraction of sp³-hybridized carbons (Fsp3) is 0.214. The van der Waals surface area contributed by atoms with Crippen molar-refractivity contribution in [2.24, 2.45) is 0 Å². The molecule has 2 aromatic carbocycles. The number of hydrogen-bond donors (Lipinski definition) is 0. The first kappa shape index (κ1) is 27.9. The third kappa shape index (κ3) is 4.40. The highest BCUT2D eigenvalue weighted by Crippen LogP contribution is 2.69. The number of methoxy groups -OCH3 is 4. The Morgan fingerprint density at radius 2 is 1.23 bits per heavy atom. The molecule has 1 aromatic heterocycles. The number of benzene rings is 2. The van der Waals surface area contributed by atoms with Gasteiger partial charge in [0.1, 0.15) is 18.8 Å². The smallest absolute Gasteiger partial charge is 0.345 e. The lowest BCUT2D eigenvalue weighted by molar-refractivity contribution is -0.139. The average Bonchev–Trinajstić information content (AvgIpc) is 3.53. The predicted molar refractivity (Wildman–Crippen MR) is 152 cm³/mol. The molecule has 0 radical (unpaired) electrons. The standard InChI is InChI=1S/C28H23NO8S3/c1-34-24(30)18-20(25(31)35-2)38-19-16-12-8-9-13-17(16)29(14-15-10-6-5-7-11-15)23(19)28(18)39-21(26(32)36-3)22(40-28)27(33)37-4/h5-13H,14H2,1-4H3. The third-order valence-electron chi connectivity index (χ3n) is 6.38. The molecule has 0 unspecified atom stereocenters. The molecule has 0 aliphatic carbocycles. The number of hydrogen-bond acceptors (Lipinski definition) is 11. The summed E-state index contributed by atoms with van der Waals surface area (Å²) in [4.78, 5) is 53.3. The van der Waals surface area contributed by atoms with Crippen molar-refractivity contribution in [3.63, 3.8) is 0 Å². The van der Waals surface area contributed by atoms with Gasteiger partial charge in [-0.05, 0) is 11.6 Å². The van der Waals surface area contributed by atoms with Gasteiger partial charge in [0.2, 0.25) is 0 Å². The van der Waals surface area contributed by atoms with Crippen LogP contribution in [0.1, 0.15) is 11.3 Å². The molecule has 3 heterocycles. The molecule has 40 heavy (non-hydrogen) atoms. The second kappa shape index (κ2) is 11.1. The number of ether oxygens (including phenoxy) is 4. The summed E-state index contributed by atoms with van der Waals surface area (Å²) in [6.07, 6.45) is 0. The van der Waals surface area contributed by atoms with Gasteiger partial charge in [-0.25, -0.2) is 19.2 Å². The van der Waals surface area contributed by atoms with E-state index in [0.29, 0.717) is 17.1 Å². The van der Waals surface area contributed by atoms with Gasteiger partial charge in [0.05, 0.1) is 39.7 Å². The van der Waals surface area contributed by atoms with E-state index in [1.807, 2.05) is 59.2 Å². The normalized spacial score (nSPS) is 15.7. The van der Waals surface area contributed by atoms with E-state index in [2.05, 4.69) is 0 Å². The van der Waals surface area contributed by atoms with Crippen LogP contribution >= 0.6 is 35.3 Å². The maximum Gasteiger partial charge on any atom is 0.345 e. The maximum atomic E-state index is 13.6. The van der Waals surface area contributed by atoms with Crippen molar-refractivity contribution < 1.29 is 38.1 Å². The van der Waals surface area contributed by atoms with Gasteiger partial charge in [-0.3, -0.25) is 0 Å². The SMILES string of the molecule is COC(=O)C1=C(C(=O)OC)SC2(S1)C(C(=O)OC)=C(C(=O)OC)Sc1c2n(Cc2ccccc2)c2ccccc12. The average molecular weight is 598 g/mol. The summed E-state index contributed by atoms with van der Waals surface area (Å²) >= 11 is 3.00. The summed E-state index contributed by atoms with van der Waals surface area (Å²) in [6, 6.07) is 17.4. The fourth-order valence-electron chi connectivity index (χ4n) is 4.67. The van der Waals surface area contributed by atoms with Crippen LogP contribution in [0.5, 0.6) is 0 Å². The Morgan fingerprint density at radius 1 is 0.700 bits per heavy atom. The first-order valence-corrected chi connectivity index (χ1v) is 14.3. The third-order valence-corrected chi connectivity index (χ3v) is 10.7. The van der Waals surface area contributed by atoms with Crippen LogP contribution in [0.25, 0.3) is 10.9 Å². The number of fused-ring (bicyclic) bond motifs is 4. The number of carbonyl (C=O) groups is 4. The monoisotopic (exact) mass is 597 g/mol. The van der Waals surface area contributed by atoms with Crippen LogP contribution < -0.4 is 0 Å². The molecule has 0 atom stereocenters. The van der Waals surface area contributed by atoms with Gasteiger partial charge in [0, 0.05) is 22.3 Å². The molecule has 2 aliphatic heterocycles. The summed E-state index contributed by atoms with van der Waals surface area (Å²) in [7, 11) is 4.83. The lowest BCUT2D eigenvalue weighted by Gasteiger charge is -2.36. The van der Waals surface area contributed by atoms with Crippen LogP contribution in [-0.2, 0) is 48.7 Å². The van der Waals surface area contributed by atoms with Crippen molar-refractivity contribution in [1.82, 2.24) is 4.57 Å². The van der Waals surface area contributed by atoms with Crippen molar-refractivity contribution in [2.45, 2.75) is 15.5 Å². The van der Waals surface area contributed by atoms with Crippen molar-refractivity contribution in [3.8, 4) is 0 Å². The number of rotatable bonds is 6. The zero-order chi connectivity index (χ0) is 28.6. The van der Waals surface area contributed by atoms with Crippen LogP contribution in [0.4, 0.5) is 0 Å². The van der Waals surface area contributed by atoms with E-state index in [1.54, 1.807) is 0 Å². The Bertz CT molecular complexity index is 1590. The minimum Gasteiger partial charge on any atom is -0.466 e. The van der Waals surface area contributed by atoms with E-state index in [-0.39, 0.29) is 20.3 Å². The molecule has 9 nitrogen and oxygen atoms in total. The minimum atomic E-state index is -1.50. The van der Waals surface area contributed by atoms with E-state index in [9.17, 15) is 19.2 Å². The van der Waals surface area contributed by atoms with Crippen molar-refractivity contribution in [3.05, 3.63) is 86.1 Å². The Hall–Kier alpha value is -3.61. The van der Waals surface area contributed by atoms with E-state index in [0.717, 1.165) is 51.8 Å². The zero-order valence-corrected chi connectivity index (χ0v) is 24.3. The molecule has 2 aliphatic rings. The van der Waals surface area contributed by atoms with Crippen LogP contribution in [0.3, 0.4) is 0 Å². The first-order valence-electron chi connectivity index (χ1n) is 11.8. The quantitative estimate of drug-likeness (QED) is 0.294. The van der Waals surface area contributed by atoms with Gasteiger partial charge in [0.25, 0.3) is 0 Å². The number of carbonyl (C=O) groups excluding carboxylic acids is 4. The second-order valence-electron chi connectivity index (χ2n) is 8.52.